The van der Waals surface area contributed by atoms with Gasteiger partial charge < -0.3 is 5.32 Å². The third kappa shape index (κ3) is 6.07. The van der Waals surface area contributed by atoms with Gasteiger partial charge in [0.25, 0.3) is 0 Å². The second kappa shape index (κ2) is 9.69. The maximum absolute atomic E-state index is 13.0. The molecule has 0 radical (unpaired) electrons. The molecule has 0 spiro atoms. The van der Waals surface area contributed by atoms with Gasteiger partial charge in [-0.05, 0) is 34.7 Å². The van der Waals surface area contributed by atoms with E-state index in [-0.39, 0.29) is 17.9 Å². The van der Waals surface area contributed by atoms with Crippen LogP contribution in [0.5, 0.6) is 0 Å². The molecule has 168 valence electrons. The van der Waals surface area contributed by atoms with Crippen LogP contribution < -0.4 is 5.32 Å². The lowest BCUT2D eigenvalue weighted by Crippen LogP contribution is -2.51. The van der Waals surface area contributed by atoms with Crippen LogP contribution in [0, 0.1) is 0 Å². The van der Waals surface area contributed by atoms with Crippen LogP contribution in [0.2, 0.25) is 5.02 Å². The molecule has 6 nitrogen and oxygen atoms in total. The van der Waals surface area contributed by atoms with Crippen LogP contribution in [-0.2, 0) is 26.8 Å². The predicted octanol–water partition coefficient (Wildman–Crippen LogP) is 3.26. The number of sulfonamides is 1. The molecule has 0 saturated carbocycles. The molecule has 0 bridgehead atoms. The zero-order valence-electron chi connectivity index (χ0n) is 18.3. The quantitative estimate of drug-likeness (QED) is 0.713. The van der Waals surface area contributed by atoms with Crippen molar-refractivity contribution in [1.82, 2.24) is 14.5 Å². The standard InChI is InChI=1S/C23H30ClN3O3S/c1-23(2,3)19-8-10-20(11-9-19)31(29,30)27-14-12-26(13-15-27)17-22(28)25-16-18-6-4-5-7-21(18)24/h4-11H,12-17H2,1-3H3,(H,25,28). The number of carbonyl (C=O) groups excluding carboxylic acids is 1. The van der Waals surface area contributed by atoms with Crippen LogP contribution in [-0.4, -0.2) is 56.3 Å². The average Bonchev–Trinajstić information content (AvgIpc) is 2.73. The second-order valence-corrected chi connectivity index (χ2v) is 11.2. The summed E-state index contributed by atoms with van der Waals surface area (Å²) in [5, 5.41) is 3.50. The molecule has 0 aliphatic carbocycles. The Morgan fingerprint density at radius 2 is 1.61 bits per heavy atom. The Hall–Kier alpha value is -1.93. The summed E-state index contributed by atoms with van der Waals surface area (Å²) in [5.41, 5.74) is 1.94. The van der Waals surface area contributed by atoms with Gasteiger partial charge in [0.2, 0.25) is 15.9 Å². The van der Waals surface area contributed by atoms with Gasteiger partial charge in [0.1, 0.15) is 0 Å². The number of hydrogen-bond donors (Lipinski definition) is 1. The summed E-state index contributed by atoms with van der Waals surface area (Å²) in [6.45, 7) is 8.65. The van der Waals surface area contributed by atoms with Crippen molar-refractivity contribution < 1.29 is 13.2 Å². The Bertz CT molecular complexity index is 1010. The number of amides is 1. The fraction of sp³-hybridized carbons (Fsp3) is 0.435. The number of nitrogens with one attached hydrogen (secondary N) is 1. The Morgan fingerprint density at radius 3 is 2.19 bits per heavy atom. The maximum atomic E-state index is 13.0. The van der Waals surface area contributed by atoms with E-state index in [4.69, 9.17) is 11.6 Å². The first-order valence-electron chi connectivity index (χ1n) is 10.4. The van der Waals surface area contributed by atoms with E-state index in [0.717, 1.165) is 11.1 Å². The van der Waals surface area contributed by atoms with Crippen LogP contribution in [0.4, 0.5) is 0 Å². The summed E-state index contributed by atoms with van der Waals surface area (Å²) in [7, 11) is -3.54. The summed E-state index contributed by atoms with van der Waals surface area (Å²) in [5.74, 6) is -0.103. The smallest absolute Gasteiger partial charge is 0.243 e. The molecule has 0 atom stereocenters. The van der Waals surface area contributed by atoms with Crippen LogP contribution >= 0.6 is 11.6 Å². The molecule has 1 fully saturated rings. The molecule has 0 unspecified atom stereocenters. The molecule has 1 amide bonds. The van der Waals surface area contributed by atoms with Gasteiger partial charge in [-0.25, -0.2) is 8.42 Å². The van der Waals surface area contributed by atoms with Crippen molar-refractivity contribution >= 4 is 27.5 Å². The SMILES string of the molecule is CC(C)(C)c1ccc(S(=O)(=O)N2CCN(CC(=O)NCc3ccccc3Cl)CC2)cc1. The van der Waals surface area contributed by atoms with Crippen molar-refractivity contribution in [1.29, 1.82) is 0 Å². The van der Waals surface area contributed by atoms with Crippen LogP contribution in [0.15, 0.2) is 53.4 Å². The van der Waals surface area contributed by atoms with E-state index in [1.54, 1.807) is 18.2 Å². The highest BCUT2D eigenvalue weighted by molar-refractivity contribution is 7.89. The fourth-order valence-corrected chi connectivity index (χ4v) is 5.12. The lowest BCUT2D eigenvalue weighted by atomic mass is 9.87. The van der Waals surface area contributed by atoms with Gasteiger partial charge >= 0.3 is 0 Å². The number of benzene rings is 2. The minimum Gasteiger partial charge on any atom is -0.351 e. The van der Waals surface area contributed by atoms with Gasteiger partial charge in [0.15, 0.2) is 0 Å². The van der Waals surface area contributed by atoms with Gasteiger partial charge in [-0.15, -0.1) is 0 Å². The molecule has 31 heavy (non-hydrogen) atoms. The molecule has 1 aliphatic heterocycles. The van der Waals surface area contributed by atoms with Gasteiger partial charge in [-0.2, -0.15) is 4.31 Å². The molecule has 0 aromatic heterocycles. The van der Waals surface area contributed by atoms with E-state index in [9.17, 15) is 13.2 Å². The first-order chi connectivity index (χ1) is 14.6. The third-order valence-corrected chi connectivity index (χ3v) is 7.77. The summed E-state index contributed by atoms with van der Waals surface area (Å²) in [4.78, 5) is 14.6. The van der Waals surface area contributed by atoms with Crippen molar-refractivity contribution in [3.05, 3.63) is 64.7 Å². The largest absolute Gasteiger partial charge is 0.351 e. The van der Waals surface area contributed by atoms with E-state index in [0.29, 0.717) is 42.6 Å². The zero-order chi connectivity index (χ0) is 22.6. The summed E-state index contributed by atoms with van der Waals surface area (Å²) >= 11 is 6.12. The number of nitrogens with zero attached hydrogens (tertiary/aromatic N) is 2. The van der Waals surface area contributed by atoms with Crippen LogP contribution in [0.25, 0.3) is 0 Å². The molecule has 2 aromatic rings. The van der Waals surface area contributed by atoms with Gasteiger partial charge in [-0.1, -0.05) is 62.7 Å². The first kappa shape index (κ1) is 23.7. The lowest BCUT2D eigenvalue weighted by Gasteiger charge is -2.33. The summed E-state index contributed by atoms with van der Waals surface area (Å²) in [6, 6.07) is 14.5. The number of carbonyl (C=O) groups is 1. The van der Waals surface area contributed by atoms with Crippen LogP contribution in [0.1, 0.15) is 31.9 Å². The Balaban J connectivity index is 1.51. The van der Waals surface area contributed by atoms with Crippen molar-refractivity contribution in [3.8, 4) is 0 Å². The maximum Gasteiger partial charge on any atom is 0.243 e. The predicted molar refractivity (Wildman–Crippen MR) is 124 cm³/mol. The molecule has 8 heteroatoms. The number of rotatable bonds is 6. The number of halogens is 1. The van der Waals surface area contributed by atoms with Crippen molar-refractivity contribution in [3.63, 3.8) is 0 Å². The number of hydrogen-bond acceptors (Lipinski definition) is 4. The molecule has 1 saturated heterocycles. The first-order valence-corrected chi connectivity index (χ1v) is 12.2. The second-order valence-electron chi connectivity index (χ2n) is 8.82. The molecular weight excluding hydrogens is 434 g/mol. The molecule has 1 heterocycles. The van der Waals surface area contributed by atoms with E-state index in [1.165, 1.54) is 4.31 Å². The summed E-state index contributed by atoms with van der Waals surface area (Å²) in [6.07, 6.45) is 0. The van der Waals surface area contributed by atoms with Crippen molar-refractivity contribution in [2.24, 2.45) is 0 Å². The highest BCUT2D eigenvalue weighted by Crippen LogP contribution is 2.25. The molecule has 2 aromatic carbocycles. The average molecular weight is 464 g/mol. The van der Waals surface area contributed by atoms with Gasteiger partial charge in [0, 0.05) is 37.7 Å². The molecular formula is C23H30ClN3O3S. The monoisotopic (exact) mass is 463 g/mol. The van der Waals surface area contributed by atoms with E-state index >= 15 is 0 Å². The van der Waals surface area contributed by atoms with E-state index in [2.05, 4.69) is 26.1 Å². The van der Waals surface area contributed by atoms with Crippen LogP contribution in [0.3, 0.4) is 0 Å². The lowest BCUT2D eigenvalue weighted by molar-refractivity contribution is -0.122. The minimum atomic E-state index is -3.54. The molecule has 1 N–H and O–H groups in total. The minimum absolute atomic E-state index is 0.0274. The highest BCUT2D eigenvalue weighted by atomic mass is 35.5. The van der Waals surface area contributed by atoms with E-state index in [1.807, 2.05) is 35.2 Å². The van der Waals surface area contributed by atoms with E-state index < -0.39 is 10.0 Å². The Kier molecular flexibility index (Phi) is 7.42. The van der Waals surface area contributed by atoms with Gasteiger partial charge in [-0.3, -0.25) is 9.69 Å². The van der Waals surface area contributed by atoms with Crippen molar-refractivity contribution in [2.75, 3.05) is 32.7 Å². The summed E-state index contributed by atoms with van der Waals surface area (Å²) < 4.78 is 27.5. The Morgan fingerprint density at radius 1 is 1.00 bits per heavy atom. The topological polar surface area (TPSA) is 69.7 Å². The zero-order valence-corrected chi connectivity index (χ0v) is 19.8. The molecule has 3 rings (SSSR count). The normalized spacial score (nSPS) is 16.3. The third-order valence-electron chi connectivity index (χ3n) is 5.49. The molecule has 1 aliphatic rings. The van der Waals surface area contributed by atoms with Gasteiger partial charge in [0.05, 0.1) is 11.4 Å². The van der Waals surface area contributed by atoms with Crippen molar-refractivity contribution in [2.45, 2.75) is 37.6 Å². The number of piperazine rings is 1. The highest BCUT2D eigenvalue weighted by Gasteiger charge is 2.29. The Labute approximate surface area is 190 Å². The fourth-order valence-electron chi connectivity index (χ4n) is 3.50.